The highest BCUT2D eigenvalue weighted by Crippen LogP contribution is 2.42. The highest BCUT2D eigenvalue weighted by atomic mass is 32.2. The zero-order valence-electron chi connectivity index (χ0n) is 12.3. The standard InChI is InChI=1S/C14H23NO3S/c1-9(2)19(16,17)15-12-7-14(4,5)8-13-11(12)6-10(3)18-13/h6,9,12,15H,7-8H2,1-5H3. The second-order valence-electron chi connectivity index (χ2n) is 6.54. The van der Waals surface area contributed by atoms with Crippen molar-refractivity contribution >= 4 is 10.0 Å². The van der Waals surface area contributed by atoms with Gasteiger partial charge in [-0.15, -0.1) is 0 Å². The van der Waals surface area contributed by atoms with Crippen LogP contribution in [0.1, 0.15) is 57.2 Å². The van der Waals surface area contributed by atoms with Crippen LogP contribution >= 0.6 is 0 Å². The van der Waals surface area contributed by atoms with Gasteiger partial charge in [-0.3, -0.25) is 0 Å². The molecule has 1 atom stereocenters. The molecule has 0 fully saturated rings. The summed E-state index contributed by atoms with van der Waals surface area (Å²) in [7, 11) is -3.27. The molecule has 0 spiro atoms. The maximum Gasteiger partial charge on any atom is 0.214 e. The van der Waals surface area contributed by atoms with Crippen molar-refractivity contribution in [3.8, 4) is 0 Å². The van der Waals surface area contributed by atoms with E-state index in [0.717, 1.165) is 29.9 Å². The quantitative estimate of drug-likeness (QED) is 0.929. The van der Waals surface area contributed by atoms with E-state index < -0.39 is 15.3 Å². The molecule has 1 aliphatic rings. The fraction of sp³-hybridized carbons (Fsp3) is 0.714. The van der Waals surface area contributed by atoms with Crippen LogP contribution in [0, 0.1) is 12.3 Å². The predicted octanol–water partition coefficient (Wildman–Crippen LogP) is 2.93. The molecule has 0 bridgehead atoms. The molecular weight excluding hydrogens is 262 g/mol. The molecule has 0 saturated carbocycles. The molecule has 0 amide bonds. The van der Waals surface area contributed by atoms with Crippen molar-refractivity contribution < 1.29 is 12.8 Å². The summed E-state index contributed by atoms with van der Waals surface area (Å²) in [6.45, 7) is 9.57. The van der Waals surface area contributed by atoms with Crippen molar-refractivity contribution in [2.75, 3.05) is 0 Å². The van der Waals surface area contributed by atoms with E-state index in [1.54, 1.807) is 13.8 Å². The first kappa shape index (κ1) is 14.6. The highest BCUT2D eigenvalue weighted by molar-refractivity contribution is 7.90. The van der Waals surface area contributed by atoms with Crippen LogP contribution in [0.2, 0.25) is 0 Å². The van der Waals surface area contributed by atoms with Crippen LogP contribution in [0.5, 0.6) is 0 Å². The molecule has 5 heteroatoms. The summed E-state index contributed by atoms with van der Waals surface area (Å²) >= 11 is 0. The van der Waals surface area contributed by atoms with Crippen molar-refractivity contribution in [2.45, 2.75) is 58.8 Å². The minimum Gasteiger partial charge on any atom is -0.466 e. The van der Waals surface area contributed by atoms with Gasteiger partial charge in [0.1, 0.15) is 11.5 Å². The first-order chi connectivity index (χ1) is 8.61. The van der Waals surface area contributed by atoms with E-state index in [-0.39, 0.29) is 11.5 Å². The van der Waals surface area contributed by atoms with E-state index in [1.807, 2.05) is 13.0 Å². The molecule has 4 nitrogen and oxygen atoms in total. The molecule has 108 valence electrons. The predicted molar refractivity (Wildman–Crippen MR) is 75.5 cm³/mol. The Kier molecular flexibility index (Phi) is 3.56. The molecule has 0 radical (unpaired) electrons. The summed E-state index contributed by atoms with van der Waals surface area (Å²) in [4.78, 5) is 0. The van der Waals surface area contributed by atoms with Crippen LogP contribution in [0.4, 0.5) is 0 Å². The first-order valence-electron chi connectivity index (χ1n) is 6.71. The monoisotopic (exact) mass is 285 g/mol. The number of nitrogens with one attached hydrogen (secondary N) is 1. The second kappa shape index (κ2) is 4.63. The Balaban J connectivity index is 2.35. The third-order valence-corrected chi connectivity index (χ3v) is 5.52. The van der Waals surface area contributed by atoms with Crippen LogP contribution in [-0.4, -0.2) is 13.7 Å². The summed E-state index contributed by atoms with van der Waals surface area (Å²) < 4.78 is 32.7. The Morgan fingerprint density at radius 3 is 2.63 bits per heavy atom. The normalized spacial score (nSPS) is 22.5. The van der Waals surface area contributed by atoms with Crippen molar-refractivity contribution in [1.29, 1.82) is 0 Å². The smallest absolute Gasteiger partial charge is 0.214 e. The SMILES string of the molecule is Cc1cc2c(o1)CC(C)(C)CC2NS(=O)(=O)C(C)C. The van der Waals surface area contributed by atoms with Gasteiger partial charge in [0.2, 0.25) is 10.0 Å². The average Bonchev–Trinajstić information content (AvgIpc) is 2.55. The van der Waals surface area contributed by atoms with Crippen molar-refractivity contribution in [3.05, 3.63) is 23.2 Å². The van der Waals surface area contributed by atoms with Crippen LogP contribution in [0.3, 0.4) is 0 Å². The van der Waals surface area contributed by atoms with Gasteiger partial charge in [-0.05, 0) is 38.7 Å². The minimum absolute atomic E-state index is 0.0431. The molecule has 0 aliphatic heterocycles. The molecule has 2 rings (SSSR count). The third-order valence-electron chi connectivity index (χ3n) is 3.66. The topological polar surface area (TPSA) is 59.3 Å². The number of sulfonamides is 1. The summed E-state index contributed by atoms with van der Waals surface area (Å²) in [5.41, 5.74) is 1.04. The Bertz CT molecular complexity index is 570. The minimum atomic E-state index is -3.27. The Labute approximate surface area is 115 Å². The highest BCUT2D eigenvalue weighted by Gasteiger charge is 2.37. The van der Waals surface area contributed by atoms with Crippen LogP contribution < -0.4 is 4.72 Å². The lowest BCUT2D eigenvalue weighted by Gasteiger charge is -2.34. The lowest BCUT2D eigenvalue weighted by Crippen LogP contribution is -2.39. The molecule has 1 aromatic heterocycles. The summed E-state index contributed by atoms with van der Waals surface area (Å²) in [5, 5.41) is -0.422. The Morgan fingerprint density at radius 1 is 1.42 bits per heavy atom. The van der Waals surface area contributed by atoms with Gasteiger partial charge in [0.15, 0.2) is 0 Å². The number of fused-ring (bicyclic) bond motifs is 1. The lowest BCUT2D eigenvalue weighted by molar-refractivity contribution is 0.247. The first-order valence-corrected chi connectivity index (χ1v) is 8.26. The van der Waals surface area contributed by atoms with E-state index in [0.29, 0.717) is 0 Å². The molecule has 1 heterocycles. The molecular formula is C14H23NO3S. The number of rotatable bonds is 3. The molecule has 1 N–H and O–H groups in total. The Morgan fingerprint density at radius 2 is 2.05 bits per heavy atom. The van der Waals surface area contributed by atoms with Gasteiger partial charge in [0.25, 0.3) is 0 Å². The van der Waals surface area contributed by atoms with Crippen LogP contribution in [-0.2, 0) is 16.4 Å². The van der Waals surface area contributed by atoms with Gasteiger partial charge in [0, 0.05) is 12.0 Å². The summed E-state index contributed by atoms with van der Waals surface area (Å²) in [5.74, 6) is 1.77. The van der Waals surface area contributed by atoms with Crippen LogP contribution in [0.25, 0.3) is 0 Å². The van der Waals surface area contributed by atoms with Crippen molar-refractivity contribution in [2.24, 2.45) is 5.41 Å². The van der Waals surface area contributed by atoms with E-state index in [9.17, 15) is 8.42 Å². The van der Waals surface area contributed by atoms with Gasteiger partial charge in [0.05, 0.1) is 11.3 Å². The van der Waals surface area contributed by atoms with Gasteiger partial charge < -0.3 is 4.42 Å². The lowest BCUT2D eigenvalue weighted by atomic mass is 9.75. The maximum atomic E-state index is 12.1. The van der Waals surface area contributed by atoms with E-state index in [1.165, 1.54) is 0 Å². The second-order valence-corrected chi connectivity index (χ2v) is 8.81. The van der Waals surface area contributed by atoms with E-state index >= 15 is 0 Å². The zero-order chi connectivity index (χ0) is 14.4. The molecule has 0 saturated heterocycles. The van der Waals surface area contributed by atoms with Gasteiger partial charge >= 0.3 is 0 Å². The fourth-order valence-corrected chi connectivity index (χ4v) is 3.50. The number of furan rings is 1. The fourth-order valence-electron chi connectivity index (χ4n) is 2.62. The largest absolute Gasteiger partial charge is 0.466 e. The molecule has 1 aromatic rings. The van der Waals surface area contributed by atoms with Gasteiger partial charge in [-0.25, -0.2) is 13.1 Å². The molecule has 1 aliphatic carbocycles. The molecule has 0 aromatic carbocycles. The third kappa shape index (κ3) is 3.03. The summed E-state index contributed by atoms with van der Waals surface area (Å²) in [6.07, 6.45) is 1.65. The number of aryl methyl sites for hydroxylation is 1. The van der Waals surface area contributed by atoms with Crippen molar-refractivity contribution in [3.63, 3.8) is 0 Å². The zero-order valence-corrected chi connectivity index (χ0v) is 13.1. The van der Waals surface area contributed by atoms with Gasteiger partial charge in [-0.2, -0.15) is 0 Å². The van der Waals surface area contributed by atoms with E-state index in [4.69, 9.17) is 4.42 Å². The molecule has 19 heavy (non-hydrogen) atoms. The average molecular weight is 285 g/mol. The maximum absolute atomic E-state index is 12.1. The number of hydrogen-bond donors (Lipinski definition) is 1. The van der Waals surface area contributed by atoms with Crippen LogP contribution in [0.15, 0.2) is 10.5 Å². The Hall–Kier alpha value is -0.810. The molecule has 1 unspecified atom stereocenters. The van der Waals surface area contributed by atoms with Crippen molar-refractivity contribution in [1.82, 2.24) is 4.72 Å². The van der Waals surface area contributed by atoms with Gasteiger partial charge in [-0.1, -0.05) is 13.8 Å². The summed E-state index contributed by atoms with van der Waals surface area (Å²) in [6, 6.07) is 1.78. The number of hydrogen-bond acceptors (Lipinski definition) is 3. The van der Waals surface area contributed by atoms with E-state index in [2.05, 4.69) is 18.6 Å².